The van der Waals surface area contributed by atoms with Crippen LogP contribution < -0.4 is 29.2 Å². The molecule has 1 N–H and O–H groups in total. The number of esters is 1. The van der Waals surface area contributed by atoms with E-state index in [9.17, 15) is 4.79 Å². The summed E-state index contributed by atoms with van der Waals surface area (Å²) in [5.74, 6) is 3.66. The second kappa shape index (κ2) is 11.8. The molecule has 2 aliphatic heterocycles. The van der Waals surface area contributed by atoms with E-state index in [0.29, 0.717) is 32.1 Å². The van der Waals surface area contributed by atoms with Crippen molar-refractivity contribution in [1.82, 2.24) is 10.3 Å². The van der Waals surface area contributed by atoms with Crippen LogP contribution in [-0.2, 0) is 16.1 Å². The molecule has 3 aromatic rings. The molecule has 3 heterocycles. The van der Waals surface area contributed by atoms with Crippen LogP contribution in [0, 0.1) is 5.92 Å². The Morgan fingerprint density at radius 2 is 1.82 bits per heavy atom. The zero-order valence-electron chi connectivity index (χ0n) is 22.2. The van der Waals surface area contributed by atoms with Crippen LogP contribution in [-0.4, -0.2) is 64.1 Å². The van der Waals surface area contributed by atoms with Crippen molar-refractivity contribution in [2.45, 2.75) is 32.4 Å². The van der Waals surface area contributed by atoms with E-state index in [1.54, 1.807) is 14.2 Å². The number of anilines is 1. The monoisotopic (exact) mass is 521 g/mol. The van der Waals surface area contributed by atoms with Crippen molar-refractivity contribution < 1.29 is 28.5 Å². The van der Waals surface area contributed by atoms with E-state index in [2.05, 4.69) is 16.3 Å². The number of hydrogen-bond donors (Lipinski definition) is 1. The fraction of sp³-hybridized carbons (Fsp3) is 0.448. The molecule has 9 nitrogen and oxygen atoms in total. The van der Waals surface area contributed by atoms with Gasteiger partial charge in [0.1, 0.15) is 35.5 Å². The summed E-state index contributed by atoms with van der Waals surface area (Å²) >= 11 is 0. The number of pyridine rings is 1. The van der Waals surface area contributed by atoms with Crippen molar-refractivity contribution in [3.8, 4) is 23.0 Å². The van der Waals surface area contributed by atoms with Gasteiger partial charge in [-0.05, 0) is 50.1 Å². The van der Waals surface area contributed by atoms with E-state index in [1.165, 1.54) is 0 Å². The minimum Gasteiger partial charge on any atom is -0.496 e. The number of nitrogens with zero attached hydrogens (tertiary/aromatic N) is 2. The summed E-state index contributed by atoms with van der Waals surface area (Å²) in [6, 6.07) is 13.6. The van der Waals surface area contributed by atoms with Crippen LogP contribution >= 0.6 is 0 Å². The number of fused-ring (bicyclic) bond motifs is 2. The van der Waals surface area contributed by atoms with Crippen LogP contribution in [0.4, 0.5) is 5.82 Å². The third-order valence-electron chi connectivity index (χ3n) is 7.07. The maximum absolute atomic E-state index is 12.3. The fourth-order valence-corrected chi connectivity index (χ4v) is 5.11. The summed E-state index contributed by atoms with van der Waals surface area (Å²) in [5, 5.41) is 4.43. The van der Waals surface area contributed by atoms with E-state index in [-0.39, 0.29) is 18.0 Å². The Hall–Kier alpha value is -3.72. The van der Waals surface area contributed by atoms with Crippen molar-refractivity contribution in [2.24, 2.45) is 5.92 Å². The lowest BCUT2D eigenvalue weighted by molar-refractivity contribution is -0.148. The molecule has 1 atom stereocenters. The number of carbonyl (C=O) groups is 1. The SMILES string of the molecule is CCOC(=O)C1CCN(c2nc3c(OC)ccc(OC)c3cc2CNC[C@@H]2COc3ccccc3O2)CC1. The standard InChI is InChI=1S/C29H35N3O6/c1-4-36-29(33)19-11-13-32(14-12-19)28-20(15-22-23(34-2)9-10-26(35-3)27(22)31-28)16-30-17-21-18-37-24-7-5-6-8-25(24)38-21/h5-10,15,19,21,30H,4,11-14,16-18H2,1-3H3/t21-/m1/s1. The molecular weight excluding hydrogens is 486 g/mol. The van der Waals surface area contributed by atoms with E-state index in [0.717, 1.165) is 65.5 Å². The molecule has 0 radical (unpaired) electrons. The van der Waals surface area contributed by atoms with E-state index < -0.39 is 0 Å². The molecule has 202 valence electrons. The first kappa shape index (κ1) is 25.9. The number of rotatable bonds is 9. The molecule has 0 bridgehead atoms. The van der Waals surface area contributed by atoms with Crippen LogP contribution in [0.3, 0.4) is 0 Å². The van der Waals surface area contributed by atoms with Crippen molar-refractivity contribution in [1.29, 1.82) is 0 Å². The smallest absolute Gasteiger partial charge is 0.309 e. The minimum atomic E-state index is -0.108. The molecule has 1 fully saturated rings. The van der Waals surface area contributed by atoms with Gasteiger partial charge in [-0.2, -0.15) is 0 Å². The third-order valence-corrected chi connectivity index (χ3v) is 7.07. The highest BCUT2D eigenvalue weighted by atomic mass is 16.6. The largest absolute Gasteiger partial charge is 0.496 e. The molecule has 2 aromatic carbocycles. The van der Waals surface area contributed by atoms with Crippen LogP contribution in [0.25, 0.3) is 10.9 Å². The number of ether oxygens (including phenoxy) is 5. The summed E-state index contributed by atoms with van der Waals surface area (Å²) in [6.07, 6.45) is 1.36. The molecule has 0 amide bonds. The summed E-state index contributed by atoms with van der Waals surface area (Å²) < 4.78 is 28.5. The molecule has 5 rings (SSSR count). The number of hydrogen-bond acceptors (Lipinski definition) is 9. The molecule has 1 saturated heterocycles. The highest BCUT2D eigenvalue weighted by Gasteiger charge is 2.28. The third kappa shape index (κ3) is 5.43. The Morgan fingerprint density at radius 1 is 1.08 bits per heavy atom. The Bertz CT molecular complexity index is 1270. The number of piperidine rings is 1. The second-order valence-corrected chi connectivity index (χ2v) is 9.48. The summed E-state index contributed by atoms with van der Waals surface area (Å²) in [7, 11) is 3.30. The summed E-state index contributed by atoms with van der Waals surface area (Å²) in [4.78, 5) is 19.6. The normalized spacial score (nSPS) is 17.3. The predicted molar refractivity (Wildman–Crippen MR) is 144 cm³/mol. The molecule has 0 aliphatic carbocycles. The van der Waals surface area contributed by atoms with Gasteiger partial charge in [0.2, 0.25) is 0 Å². The van der Waals surface area contributed by atoms with Gasteiger partial charge in [0.15, 0.2) is 11.5 Å². The molecule has 0 saturated carbocycles. The molecule has 1 aromatic heterocycles. The van der Waals surface area contributed by atoms with Gasteiger partial charge >= 0.3 is 5.97 Å². The Labute approximate surface area is 223 Å². The van der Waals surface area contributed by atoms with Gasteiger partial charge in [-0.15, -0.1) is 0 Å². The maximum Gasteiger partial charge on any atom is 0.309 e. The van der Waals surface area contributed by atoms with Crippen LogP contribution in [0.5, 0.6) is 23.0 Å². The summed E-state index contributed by atoms with van der Waals surface area (Å²) in [6.45, 7) is 5.37. The summed E-state index contributed by atoms with van der Waals surface area (Å²) in [5.41, 5.74) is 1.79. The Balaban J connectivity index is 1.37. The van der Waals surface area contributed by atoms with E-state index >= 15 is 0 Å². The Morgan fingerprint density at radius 3 is 2.55 bits per heavy atom. The van der Waals surface area contributed by atoms with Crippen molar-refractivity contribution in [3.05, 3.63) is 48.0 Å². The van der Waals surface area contributed by atoms with Gasteiger partial charge in [0.25, 0.3) is 0 Å². The quantitative estimate of drug-likeness (QED) is 0.420. The van der Waals surface area contributed by atoms with Gasteiger partial charge in [-0.1, -0.05) is 12.1 Å². The number of methoxy groups -OCH3 is 2. The van der Waals surface area contributed by atoms with Crippen LogP contribution in [0.2, 0.25) is 0 Å². The lowest BCUT2D eigenvalue weighted by atomic mass is 9.96. The van der Waals surface area contributed by atoms with Gasteiger partial charge in [0, 0.05) is 37.1 Å². The number of nitrogens with one attached hydrogen (secondary N) is 1. The number of para-hydroxylation sites is 2. The number of benzene rings is 2. The number of carbonyl (C=O) groups excluding carboxylic acids is 1. The van der Waals surface area contributed by atoms with Gasteiger partial charge in [0.05, 0.1) is 26.7 Å². The average molecular weight is 522 g/mol. The molecule has 9 heteroatoms. The first-order valence-corrected chi connectivity index (χ1v) is 13.2. The van der Waals surface area contributed by atoms with Gasteiger partial charge in [-0.3, -0.25) is 4.79 Å². The molecule has 0 spiro atoms. The lowest BCUT2D eigenvalue weighted by Crippen LogP contribution is -2.39. The highest BCUT2D eigenvalue weighted by molar-refractivity contribution is 5.92. The fourth-order valence-electron chi connectivity index (χ4n) is 5.11. The minimum absolute atomic E-state index is 0.0748. The topological polar surface area (TPSA) is 91.4 Å². The maximum atomic E-state index is 12.3. The second-order valence-electron chi connectivity index (χ2n) is 9.48. The van der Waals surface area contributed by atoms with Crippen molar-refractivity contribution >= 4 is 22.7 Å². The molecule has 2 aliphatic rings. The highest BCUT2D eigenvalue weighted by Crippen LogP contribution is 2.36. The Kier molecular flexibility index (Phi) is 8.03. The zero-order valence-corrected chi connectivity index (χ0v) is 22.2. The molecule has 0 unspecified atom stereocenters. The van der Waals surface area contributed by atoms with Crippen molar-refractivity contribution in [3.63, 3.8) is 0 Å². The number of aromatic nitrogens is 1. The lowest BCUT2D eigenvalue weighted by Gasteiger charge is -2.33. The first-order valence-electron chi connectivity index (χ1n) is 13.2. The van der Waals surface area contributed by atoms with E-state index in [1.807, 2.05) is 43.3 Å². The van der Waals surface area contributed by atoms with Crippen molar-refractivity contribution in [2.75, 3.05) is 52.0 Å². The van der Waals surface area contributed by atoms with Crippen LogP contribution in [0.15, 0.2) is 42.5 Å². The predicted octanol–water partition coefficient (Wildman–Crippen LogP) is 3.96. The van der Waals surface area contributed by atoms with Gasteiger partial charge < -0.3 is 33.9 Å². The molecule has 38 heavy (non-hydrogen) atoms. The van der Waals surface area contributed by atoms with E-state index in [4.69, 9.17) is 28.7 Å². The average Bonchev–Trinajstić information content (AvgIpc) is 2.96. The zero-order chi connectivity index (χ0) is 26.5. The van der Waals surface area contributed by atoms with Gasteiger partial charge in [-0.25, -0.2) is 4.98 Å². The van der Waals surface area contributed by atoms with Crippen LogP contribution in [0.1, 0.15) is 25.3 Å². The first-order chi connectivity index (χ1) is 18.6. The molecular formula is C29H35N3O6.